The van der Waals surface area contributed by atoms with Crippen LogP contribution in [0.5, 0.6) is 0 Å². The number of Topliss-reactive ketones (excluding diaryl/α,β-unsaturated/α-hetero) is 1. The normalized spacial score (nSPS) is 14.8. The first-order chi connectivity index (χ1) is 12.1. The Balaban J connectivity index is 2.99. The quantitative estimate of drug-likeness (QED) is 0.562. The van der Waals surface area contributed by atoms with Crippen molar-refractivity contribution < 1.29 is 19.1 Å². The predicted molar refractivity (Wildman–Crippen MR) is 97.3 cm³/mol. The minimum Gasteiger partial charge on any atom is -0.467 e. The third kappa shape index (κ3) is 5.89. The van der Waals surface area contributed by atoms with Crippen LogP contribution in [0.2, 0.25) is 0 Å². The molecular formula is C19H29N3O4. The molecule has 0 saturated heterocycles. The number of carbonyl (C=O) groups is 3. The van der Waals surface area contributed by atoms with Gasteiger partial charge >= 0.3 is 5.97 Å². The number of carbonyl (C=O) groups excluding carboxylic acids is 3. The summed E-state index contributed by atoms with van der Waals surface area (Å²) < 4.78 is 4.82. The molecule has 1 aromatic heterocycles. The van der Waals surface area contributed by atoms with Gasteiger partial charge < -0.3 is 10.1 Å². The summed E-state index contributed by atoms with van der Waals surface area (Å²) in [7, 11) is 1.29. The Labute approximate surface area is 154 Å². The van der Waals surface area contributed by atoms with Crippen molar-refractivity contribution in [2.24, 2.45) is 17.3 Å². The number of aromatic nitrogens is 2. The minimum absolute atomic E-state index is 0.0115. The van der Waals surface area contributed by atoms with Crippen LogP contribution in [0.15, 0.2) is 18.6 Å². The topological polar surface area (TPSA) is 98.3 Å². The lowest BCUT2D eigenvalue weighted by atomic mass is 9.83. The summed E-state index contributed by atoms with van der Waals surface area (Å²) in [6.45, 7) is 9.41. The molecule has 26 heavy (non-hydrogen) atoms. The minimum atomic E-state index is -0.793. The summed E-state index contributed by atoms with van der Waals surface area (Å²) in [5, 5.41) is 2.78. The largest absolute Gasteiger partial charge is 0.467 e. The van der Waals surface area contributed by atoms with Crippen molar-refractivity contribution in [2.75, 3.05) is 7.11 Å². The van der Waals surface area contributed by atoms with Crippen LogP contribution in [0.25, 0.3) is 0 Å². The van der Waals surface area contributed by atoms with E-state index in [1.165, 1.54) is 25.7 Å². The molecule has 1 heterocycles. The number of methoxy groups -OCH3 is 1. The van der Waals surface area contributed by atoms with Gasteiger partial charge in [-0.2, -0.15) is 0 Å². The second-order valence-electron chi connectivity index (χ2n) is 7.54. The van der Waals surface area contributed by atoms with E-state index in [0.717, 1.165) is 6.42 Å². The van der Waals surface area contributed by atoms with Crippen molar-refractivity contribution in [3.63, 3.8) is 0 Å². The van der Waals surface area contributed by atoms with Gasteiger partial charge in [-0.05, 0) is 11.3 Å². The Bertz CT molecular complexity index is 625. The number of nitrogens with one attached hydrogen (secondary N) is 1. The number of nitrogens with zero attached hydrogens (tertiary/aromatic N) is 2. The van der Waals surface area contributed by atoms with Crippen LogP contribution in [0.4, 0.5) is 0 Å². The van der Waals surface area contributed by atoms with Crippen LogP contribution in [0.3, 0.4) is 0 Å². The molecule has 0 saturated carbocycles. The lowest BCUT2D eigenvalue weighted by Crippen LogP contribution is -2.52. The molecule has 1 N–H and O–H groups in total. The van der Waals surface area contributed by atoms with Crippen LogP contribution in [0.1, 0.15) is 57.9 Å². The Morgan fingerprint density at radius 2 is 1.88 bits per heavy atom. The van der Waals surface area contributed by atoms with Crippen LogP contribution < -0.4 is 5.32 Å². The third-order valence-corrected chi connectivity index (χ3v) is 4.51. The van der Waals surface area contributed by atoms with E-state index in [2.05, 4.69) is 15.3 Å². The van der Waals surface area contributed by atoms with E-state index in [-0.39, 0.29) is 29.7 Å². The van der Waals surface area contributed by atoms with Gasteiger partial charge in [0.1, 0.15) is 11.7 Å². The molecule has 1 aromatic rings. The molecule has 1 unspecified atom stereocenters. The SMILES string of the molecule is CCC(C)[C@H](CC(=O)c1cnccn1)C(=O)N[C@H](C(=O)OC)C(C)(C)C. The average molecular weight is 363 g/mol. The molecule has 0 aliphatic rings. The number of ether oxygens (including phenoxy) is 1. The van der Waals surface area contributed by atoms with Crippen molar-refractivity contribution in [3.8, 4) is 0 Å². The molecule has 0 bridgehead atoms. The molecule has 0 fully saturated rings. The van der Waals surface area contributed by atoms with Crippen molar-refractivity contribution in [1.82, 2.24) is 15.3 Å². The lowest BCUT2D eigenvalue weighted by Gasteiger charge is -2.31. The van der Waals surface area contributed by atoms with Crippen molar-refractivity contribution in [3.05, 3.63) is 24.3 Å². The molecule has 1 rings (SSSR count). The maximum absolute atomic E-state index is 12.9. The third-order valence-electron chi connectivity index (χ3n) is 4.51. The zero-order valence-electron chi connectivity index (χ0n) is 16.4. The van der Waals surface area contributed by atoms with Gasteiger partial charge in [0.05, 0.1) is 13.3 Å². The molecule has 7 heteroatoms. The fourth-order valence-corrected chi connectivity index (χ4v) is 2.58. The van der Waals surface area contributed by atoms with E-state index in [9.17, 15) is 14.4 Å². The number of hydrogen-bond donors (Lipinski definition) is 1. The van der Waals surface area contributed by atoms with E-state index < -0.39 is 23.3 Å². The molecule has 7 nitrogen and oxygen atoms in total. The predicted octanol–water partition coefficient (Wildman–Crippen LogP) is 2.42. The van der Waals surface area contributed by atoms with Crippen molar-refractivity contribution in [1.29, 1.82) is 0 Å². The second kappa shape index (κ2) is 9.40. The summed E-state index contributed by atoms with van der Waals surface area (Å²) in [5.41, 5.74) is -0.286. The standard InChI is InChI=1S/C19H29N3O4/c1-7-12(2)13(10-15(23)14-11-20-8-9-21-14)17(24)22-16(18(25)26-6)19(3,4)5/h8-9,11-13,16H,7,10H2,1-6H3,(H,22,24)/t12?,13-,16+/m0/s1. The molecule has 144 valence electrons. The first kappa shape index (κ1) is 21.7. The smallest absolute Gasteiger partial charge is 0.328 e. The van der Waals surface area contributed by atoms with E-state index in [1.54, 1.807) is 0 Å². The van der Waals surface area contributed by atoms with Gasteiger partial charge in [-0.3, -0.25) is 14.6 Å². The van der Waals surface area contributed by atoms with Gasteiger partial charge in [0.25, 0.3) is 0 Å². The van der Waals surface area contributed by atoms with Gasteiger partial charge in [0.2, 0.25) is 5.91 Å². The van der Waals surface area contributed by atoms with Gasteiger partial charge in [0.15, 0.2) is 5.78 Å². The van der Waals surface area contributed by atoms with E-state index in [1.807, 2.05) is 34.6 Å². The Morgan fingerprint density at radius 1 is 1.23 bits per heavy atom. The van der Waals surface area contributed by atoms with Gasteiger partial charge in [-0.15, -0.1) is 0 Å². The van der Waals surface area contributed by atoms with Crippen LogP contribution in [0, 0.1) is 17.3 Å². The number of rotatable bonds is 8. The highest BCUT2D eigenvalue weighted by molar-refractivity contribution is 5.97. The summed E-state index contributed by atoms with van der Waals surface area (Å²) in [6.07, 6.45) is 5.06. The lowest BCUT2D eigenvalue weighted by molar-refractivity contribution is -0.149. The van der Waals surface area contributed by atoms with Crippen molar-refractivity contribution >= 4 is 17.7 Å². The van der Waals surface area contributed by atoms with E-state index in [4.69, 9.17) is 4.74 Å². The van der Waals surface area contributed by atoms with Crippen LogP contribution in [-0.2, 0) is 14.3 Å². The highest BCUT2D eigenvalue weighted by atomic mass is 16.5. The molecule has 0 aromatic carbocycles. The Morgan fingerprint density at radius 3 is 2.35 bits per heavy atom. The Hall–Kier alpha value is -2.31. The Kier molecular flexibility index (Phi) is 7.86. The highest BCUT2D eigenvalue weighted by Crippen LogP contribution is 2.25. The summed E-state index contributed by atoms with van der Waals surface area (Å²) >= 11 is 0. The van der Waals surface area contributed by atoms with E-state index in [0.29, 0.717) is 0 Å². The summed E-state index contributed by atoms with van der Waals surface area (Å²) in [4.78, 5) is 45.3. The number of ketones is 1. The maximum atomic E-state index is 12.9. The molecule has 0 aliphatic carbocycles. The second-order valence-corrected chi connectivity index (χ2v) is 7.54. The number of hydrogen-bond acceptors (Lipinski definition) is 6. The summed E-state index contributed by atoms with van der Waals surface area (Å²) in [6, 6.07) is -0.793. The molecule has 0 spiro atoms. The van der Waals surface area contributed by atoms with Gasteiger partial charge in [-0.1, -0.05) is 41.0 Å². The van der Waals surface area contributed by atoms with E-state index >= 15 is 0 Å². The molecule has 3 atom stereocenters. The van der Waals surface area contributed by atoms with Crippen LogP contribution >= 0.6 is 0 Å². The fraction of sp³-hybridized carbons (Fsp3) is 0.632. The molecular weight excluding hydrogens is 334 g/mol. The van der Waals surface area contributed by atoms with Gasteiger partial charge in [-0.25, -0.2) is 9.78 Å². The average Bonchev–Trinajstić information content (AvgIpc) is 2.62. The maximum Gasteiger partial charge on any atom is 0.328 e. The molecule has 0 radical (unpaired) electrons. The van der Waals surface area contributed by atoms with Gasteiger partial charge in [0, 0.05) is 24.7 Å². The molecule has 1 amide bonds. The highest BCUT2D eigenvalue weighted by Gasteiger charge is 2.37. The fourth-order valence-electron chi connectivity index (χ4n) is 2.58. The van der Waals surface area contributed by atoms with Crippen molar-refractivity contribution in [2.45, 2.75) is 53.5 Å². The summed E-state index contributed by atoms with van der Waals surface area (Å²) in [5.74, 6) is -1.68. The zero-order chi connectivity index (χ0) is 19.9. The zero-order valence-corrected chi connectivity index (χ0v) is 16.4. The molecule has 0 aliphatic heterocycles. The first-order valence-electron chi connectivity index (χ1n) is 8.79. The number of amides is 1. The number of esters is 1. The first-order valence-corrected chi connectivity index (χ1v) is 8.79. The monoisotopic (exact) mass is 363 g/mol. The van der Waals surface area contributed by atoms with Crippen LogP contribution in [-0.4, -0.2) is 40.8 Å².